The molecule has 0 fully saturated rings. The fraction of sp³-hybridized carbons (Fsp3) is 0.286. The number of anilines is 1. The topological polar surface area (TPSA) is 72.9 Å². The predicted molar refractivity (Wildman–Crippen MR) is 75.0 cm³/mol. The summed E-state index contributed by atoms with van der Waals surface area (Å²) in [6.45, 7) is 4.63. The van der Waals surface area contributed by atoms with Crippen molar-refractivity contribution >= 4 is 11.6 Å². The Hall–Kier alpha value is -2.30. The number of carbonyl (C=O) groups excluding carboxylic acids is 1. The molecule has 1 aromatic heterocycles. The lowest BCUT2D eigenvalue weighted by molar-refractivity contribution is 0.1000. The molecule has 0 saturated heterocycles. The van der Waals surface area contributed by atoms with Crippen LogP contribution in [-0.4, -0.2) is 15.7 Å². The minimum absolute atomic E-state index is 0.397. The smallest absolute Gasteiger partial charge is 0.248 e. The first-order valence-corrected chi connectivity index (χ1v) is 6.11. The molecule has 1 amide bonds. The number of aromatic nitrogens is 2. The lowest BCUT2D eigenvalue weighted by Gasteiger charge is -2.09. The molecule has 0 saturated carbocycles. The maximum atomic E-state index is 11.1. The molecule has 0 spiro atoms. The molecule has 2 aromatic rings. The number of hydrogen-bond donors (Lipinski definition) is 2. The molecule has 0 atom stereocenters. The number of nitrogens with one attached hydrogen (secondary N) is 1. The van der Waals surface area contributed by atoms with E-state index in [0.717, 1.165) is 22.5 Å². The van der Waals surface area contributed by atoms with Gasteiger partial charge in [-0.3, -0.25) is 9.48 Å². The summed E-state index contributed by atoms with van der Waals surface area (Å²) < 4.78 is 1.78. The molecule has 19 heavy (non-hydrogen) atoms. The number of hydrogen-bond acceptors (Lipinski definition) is 3. The second-order valence-electron chi connectivity index (χ2n) is 4.66. The van der Waals surface area contributed by atoms with Crippen molar-refractivity contribution in [2.24, 2.45) is 12.8 Å². The number of nitrogens with two attached hydrogens (primary N) is 1. The Kier molecular flexibility index (Phi) is 3.55. The average molecular weight is 258 g/mol. The molecule has 1 aromatic carbocycles. The summed E-state index contributed by atoms with van der Waals surface area (Å²) in [7, 11) is 1.89. The first-order chi connectivity index (χ1) is 8.97. The molecule has 5 nitrogen and oxygen atoms in total. The summed E-state index contributed by atoms with van der Waals surface area (Å²) in [5.74, 6) is -0.397. The molecular weight excluding hydrogens is 240 g/mol. The van der Waals surface area contributed by atoms with Gasteiger partial charge in [-0.15, -0.1) is 0 Å². The third-order valence-corrected chi connectivity index (χ3v) is 3.11. The van der Waals surface area contributed by atoms with Crippen LogP contribution in [0.1, 0.15) is 27.2 Å². The maximum absolute atomic E-state index is 11.1. The van der Waals surface area contributed by atoms with Crippen LogP contribution >= 0.6 is 0 Å². The van der Waals surface area contributed by atoms with Crippen molar-refractivity contribution in [3.63, 3.8) is 0 Å². The van der Waals surface area contributed by atoms with E-state index in [1.165, 1.54) is 0 Å². The number of amides is 1. The number of nitrogens with zero attached hydrogens (tertiary/aromatic N) is 2. The van der Waals surface area contributed by atoms with Crippen LogP contribution in [0, 0.1) is 13.8 Å². The van der Waals surface area contributed by atoms with Crippen LogP contribution in [-0.2, 0) is 13.6 Å². The van der Waals surface area contributed by atoms with E-state index >= 15 is 0 Å². The summed E-state index contributed by atoms with van der Waals surface area (Å²) in [4.78, 5) is 11.1. The maximum Gasteiger partial charge on any atom is 0.248 e. The van der Waals surface area contributed by atoms with Crippen molar-refractivity contribution in [1.82, 2.24) is 9.78 Å². The summed E-state index contributed by atoms with van der Waals surface area (Å²) >= 11 is 0. The Bertz CT molecular complexity index is 616. The average Bonchev–Trinajstić information content (AvgIpc) is 2.66. The summed E-state index contributed by atoms with van der Waals surface area (Å²) in [5.41, 5.74) is 9.96. The number of aryl methyl sites for hydroxylation is 3. The van der Waals surface area contributed by atoms with Gasteiger partial charge in [-0.25, -0.2) is 0 Å². The van der Waals surface area contributed by atoms with E-state index in [-0.39, 0.29) is 0 Å². The van der Waals surface area contributed by atoms with Gasteiger partial charge in [0.1, 0.15) is 0 Å². The van der Waals surface area contributed by atoms with E-state index in [2.05, 4.69) is 10.4 Å². The summed E-state index contributed by atoms with van der Waals surface area (Å²) in [6, 6.07) is 5.49. The van der Waals surface area contributed by atoms with E-state index in [1.807, 2.05) is 39.2 Å². The molecule has 5 heteroatoms. The molecule has 0 unspecified atom stereocenters. The molecule has 0 aliphatic carbocycles. The normalized spacial score (nSPS) is 10.5. The van der Waals surface area contributed by atoms with Gasteiger partial charge in [0.05, 0.1) is 11.4 Å². The van der Waals surface area contributed by atoms with E-state index < -0.39 is 5.91 Å². The lowest BCUT2D eigenvalue weighted by atomic mass is 10.0. The third kappa shape index (κ3) is 2.93. The highest BCUT2D eigenvalue weighted by atomic mass is 16.1. The minimum atomic E-state index is -0.397. The Morgan fingerprint density at radius 2 is 2.16 bits per heavy atom. The summed E-state index contributed by atoms with van der Waals surface area (Å²) in [5, 5.41) is 7.62. The Labute approximate surface area is 112 Å². The Morgan fingerprint density at radius 3 is 2.68 bits per heavy atom. The van der Waals surface area contributed by atoms with Gasteiger partial charge < -0.3 is 11.1 Å². The molecule has 2 rings (SSSR count). The van der Waals surface area contributed by atoms with Crippen LogP contribution in [0.15, 0.2) is 24.4 Å². The molecule has 0 aliphatic heterocycles. The number of benzene rings is 1. The second kappa shape index (κ2) is 5.14. The fourth-order valence-corrected chi connectivity index (χ4v) is 2.01. The van der Waals surface area contributed by atoms with Crippen molar-refractivity contribution < 1.29 is 4.79 Å². The molecule has 3 N–H and O–H groups in total. The first-order valence-electron chi connectivity index (χ1n) is 6.11. The van der Waals surface area contributed by atoms with Crippen molar-refractivity contribution in [2.75, 3.05) is 5.32 Å². The van der Waals surface area contributed by atoms with Crippen molar-refractivity contribution in [1.29, 1.82) is 0 Å². The zero-order valence-corrected chi connectivity index (χ0v) is 11.4. The van der Waals surface area contributed by atoms with Gasteiger partial charge in [0.15, 0.2) is 0 Å². The van der Waals surface area contributed by atoms with Crippen LogP contribution in [0.5, 0.6) is 0 Å². The van der Waals surface area contributed by atoms with Gasteiger partial charge in [-0.05, 0) is 37.1 Å². The standard InChI is InChI=1S/C14H18N4O/c1-9-6-11(14(15)19)4-5-12(9)7-16-13-8-18(3)17-10(13)2/h4-6,8,16H,7H2,1-3H3,(H2,15,19). The van der Waals surface area contributed by atoms with Crippen LogP contribution in [0.4, 0.5) is 5.69 Å². The highest BCUT2D eigenvalue weighted by molar-refractivity contribution is 5.93. The first kappa shape index (κ1) is 13.1. The fourth-order valence-electron chi connectivity index (χ4n) is 2.01. The lowest BCUT2D eigenvalue weighted by Crippen LogP contribution is -2.11. The largest absolute Gasteiger partial charge is 0.378 e. The molecule has 0 bridgehead atoms. The van der Waals surface area contributed by atoms with Crippen molar-refractivity contribution in [3.8, 4) is 0 Å². The van der Waals surface area contributed by atoms with E-state index in [0.29, 0.717) is 12.1 Å². The zero-order chi connectivity index (χ0) is 14.0. The van der Waals surface area contributed by atoms with Crippen LogP contribution in [0.3, 0.4) is 0 Å². The van der Waals surface area contributed by atoms with Gasteiger partial charge in [0, 0.05) is 25.4 Å². The molecule has 1 heterocycles. The minimum Gasteiger partial charge on any atom is -0.378 e. The van der Waals surface area contributed by atoms with E-state index in [9.17, 15) is 4.79 Å². The number of primary amides is 1. The quantitative estimate of drug-likeness (QED) is 0.877. The highest BCUT2D eigenvalue weighted by Crippen LogP contribution is 2.16. The van der Waals surface area contributed by atoms with Gasteiger partial charge in [0.2, 0.25) is 5.91 Å². The predicted octanol–water partition coefficient (Wildman–Crippen LogP) is 1.75. The highest BCUT2D eigenvalue weighted by Gasteiger charge is 2.06. The van der Waals surface area contributed by atoms with E-state index in [4.69, 9.17) is 5.73 Å². The van der Waals surface area contributed by atoms with Crippen molar-refractivity contribution in [3.05, 3.63) is 46.8 Å². The molecule has 0 aliphatic rings. The molecule has 0 radical (unpaired) electrons. The van der Waals surface area contributed by atoms with Gasteiger partial charge in [0.25, 0.3) is 0 Å². The summed E-state index contributed by atoms with van der Waals surface area (Å²) in [6.07, 6.45) is 1.95. The Balaban J connectivity index is 2.12. The van der Waals surface area contributed by atoms with Crippen LogP contribution in [0.2, 0.25) is 0 Å². The van der Waals surface area contributed by atoms with Gasteiger partial charge in [-0.1, -0.05) is 6.07 Å². The van der Waals surface area contributed by atoms with Crippen molar-refractivity contribution in [2.45, 2.75) is 20.4 Å². The molecule has 100 valence electrons. The third-order valence-electron chi connectivity index (χ3n) is 3.11. The number of carbonyl (C=O) groups is 1. The second-order valence-corrected chi connectivity index (χ2v) is 4.66. The van der Waals surface area contributed by atoms with Crippen LogP contribution in [0.25, 0.3) is 0 Å². The number of rotatable bonds is 4. The Morgan fingerprint density at radius 1 is 1.42 bits per heavy atom. The molecular formula is C14H18N4O. The van der Waals surface area contributed by atoms with E-state index in [1.54, 1.807) is 10.7 Å². The van der Waals surface area contributed by atoms with Crippen LogP contribution < -0.4 is 11.1 Å². The van der Waals surface area contributed by atoms with Gasteiger partial charge in [-0.2, -0.15) is 5.10 Å². The monoisotopic (exact) mass is 258 g/mol. The zero-order valence-electron chi connectivity index (χ0n) is 11.4. The van der Waals surface area contributed by atoms with Gasteiger partial charge >= 0.3 is 0 Å². The SMILES string of the molecule is Cc1cc(C(N)=O)ccc1CNc1cn(C)nc1C.